The van der Waals surface area contributed by atoms with Crippen LogP contribution in [0.25, 0.3) is 0 Å². The van der Waals surface area contributed by atoms with Crippen molar-refractivity contribution in [1.29, 1.82) is 0 Å². The summed E-state index contributed by atoms with van der Waals surface area (Å²) in [7, 11) is 3.25. The summed E-state index contributed by atoms with van der Waals surface area (Å²) in [5.41, 5.74) is 0. The van der Waals surface area contributed by atoms with E-state index in [4.69, 9.17) is 0 Å². The van der Waals surface area contributed by atoms with Gasteiger partial charge in [0.2, 0.25) is 0 Å². The number of hydrogen-bond acceptors (Lipinski definition) is 2. The second-order valence-electron chi connectivity index (χ2n) is 2.68. The number of nitrogens with zero attached hydrogens (tertiary/aromatic N) is 1. The molecule has 0 aliphatic rings. The van der Waals surface area contributed by atoms with Crippen molar-refractivity contribution in [3.63, 3.8) is 0 Å². The molecule has 64 valence electrons. The minimum absolute atomic E-state index is 0.0415. The Bertz CT molecular complexity index is 166. The number of Topliss-reactive ketones (excluding diaryl/α,β-unsaturated/α-hetero) is 1. The van der Waals surface area contributed by atoms with Gasteiger partial charge in [0.15, 0.2) is 5.78 Å². The van der Waals surface area contributed by atoms with Crippen molar-refractivity contribution >= 4 is 11.8 Å². The number of hydrogen-bond donors (Lipinski definition) is 1. The molecule has 4 heteroatoms. The predicted octanol–water partition coefficient (Wildman–Crippen LogP) is 0.235. The van der Waals surface area contributed by atoms with Crippen molar-refractivity contribution in [2.45, 2.75) is 19.9 Å². The molecule has 0 fully saturated rings. The van der Waals surface area contributed by atoms with Crippen molar-refractivity contribution in [2.75, 3.05) is 14.1 Å². The zero-order chi connectivity index (χ0) is 9.02. The largest absolute Gasteiger partial charge is 0.331 e. The van der Waals surface area contributed by atoms with Gasteiger partial charge < -0.3 is 10.2 Å². The molecule has 0 saturated carbocycles. The molecule has 0 spiro atoms. The van der Waals surface area contributed by atoms with E-state index in [1.807, 2.05) is 0 Å². The van der Waals surface area contributed by atoms with E-state index in [9.17, 15) is 9.59 Å². The van der Waals surface area contributed by atoms with Gasteiger partial charge in [0.25, 0.3) is 0 Å². The van der Waals surface area contributed by atoms with E-state index >= 15 is 0 Å². The summed E-state index contributed by atoms with van der Waals surface area (Å²) >= 11 is 0. The lowest BCUT2D eigenvalue weighted by Crippen LogP contribution is -2.43. The number of carbonyl (C=O) groups is 2. The van der Waals surface area contributed by atoms with Crippen LogP contribution < -0.4 is 5.32 Å². The highest BCUT2D eigenvalue weighted by Gasteiger charge is 2.11. The Morgan fingerprint density at radius 3 is 2.09 bits per heavy atom. The zero-order valence-corrected chi connectivity index (χ0v) is 7.34. The van der Waals surface area contributed by atoms with E-state index in [1.54, 1.807) is 21.0 Å². The first kappa shape index (κ1) is 9.94. The molecule has 0 aromatic carbocycles. The summed E-state index contributed by atoms with van der Waals surface area (Å²) in [6, 6.07) is -0.641. The van der Waals surface area contributed by atoms with E-state index in [0.717, 1.165) is 0 Å². The molecular formula is C7H14N2O2. The summed E-state index contributed by atoms with van der Waals surface area (Å²) in [5, 5.41) is 2.52. The molecule has 0 saturated heterocycles. The second-order valence-corrected chi connectivity index (χ2v) is 2.68. The highest BCUT2D eigenvalue weighted by atomic mass is 16.2. The third-order valence-electron chi connectivity index (χ3n) is 1.36. The fourth-order valence-corrected chi connectivity index (χ4v) is 0.416. The van der Waals surface area contributed by atoms with Gasteiger partial charge in [-0.3, -0.25) is 4.79 Å². The normalized spacial score (nSPS) is 12.0. The summed E-state index contributed by atoms with van der Waals surface area (Å²) < 4.78 is 0. The van der Waals surface area contributed by atoms with Gasteiger partial charge in [-0.2, -0.15) is 0 Å². The van der Waals surface area contributed by atoms with Crippen molar-refractivity contribution in [2.24, 2.45) is 0 Å². The maximum absolute atomic E-state index is 10.9. The molecule has 0 unspecified atom stereocenters. The summed E-state index contributed by atoms with van der Waals surface area (Å²) in [6.45, 7) is 3.10. The average Bonchev–Trinajstić information content (AvgIpc) is 1.87. The van der Waals surface area contributed by atoms with E-state index in [2.05, 4.69) is 5.32 Å². The Labute approximate surface area is 66.6 Å². The molecule has 0 aliphatic heterocycles. The van der Waals surface area contributed by atoms with Crippen LogP contribution in [0.2, 0.25) is 0 Å². The SMILES string of the molecule is CC(=O)[C@@H](C)NC(=O)N(C)C. The Hall–Kier alpha value is -1.06. The molecule has 0 heterocycles. The monoisotopic (exact) mass is 158 g/mol. The van der Waals surface area contributed by atoms with Crippen LogP contribution in [0.3, 0.4) is 0 Å². The summed E-state index contributed by atoms with van der Waals surface area (Å²) in [4.78, 5) is 23.0. The molecule has 1 N–H and O–H groups in total. The zero-order valence-electron chi connectivity index (χ0n) is 7.34. The van der Waals surface area contributed by atoms with Gasteiger partial charge in [0, 0.05) is 14.1 Å². The molecule has 0 aromatic heterocycles. The quantitative estimate of drug-likeness (QED) is 0.625. The molecule has 1 atom stereocenters. The van der Waals surface area contributed by atoms with Crippen LogP contribution in [0.5, 0.6) is 0 Å². The van der Waals surface area contributed by atoms with Gasteiger partial charge in [0.05, 0.1) is 6.04 Å². The number of amides is 2. The first-order valence-electron chi connectivity index (χ1n) is 3.43. The van der Waals surface area contributed by atoms with Crippen molar-refractivity contribution in [1.82, 2.24) is 10.2 Å². The fraction of sp³-hybridized carbons (Fsp3) is 0.714. The molecule has 2 amide bonds. The highest BCUT2D eigenvalue weighted by Crippen LogP contribution is 1.85. The van der Waals surface area contributed by atoms with E-state index < -0.39 is 6.04 Å². The van der Waals surface area contributed by atoms with Gasteiger partial charge in [-0.05, 0) is 13.8 Å². The van der Waals surface area contributed by atoms with Crippen LogP contribution in [-0.2, 0) is 4.79 Å². The van der Waals surface area contributed by atoms with Crippen LogP contribution >= 0.6 is 0 Å². The number of nitrogens with one attached hydrogen (secondary N) is 1. The van der Waals surface area contributed by atoms with Crippen LogP contribution in [0, 0.1) is 0 Å². The van der Waals surface area contributed by atoms with Crippen LogP contribution in [0.15, 0.2) is 0 Å². The van der Waals surface area contributed by atoms with Gasteiger partial charge in [-0.15, -0.1) is 0 Å². The van der Waals surface area contributed by atoms with Crippen molar-refractivity contribution < 1.29 is 9.59 Å². The lowest BCUT2D eigenvalue weighted by molar-refractivity contribution is -0.118. The van der Waals surface area contributed by atoms with Gasteiger partial charge in [-0.25, -0.2) is 4.79 Å². The maximum Gasteiger partial charge on any atom is 0.317 e. The molecular weight excluding hydrogens is 144 g/mol. The molecule has 11 heavy (non-hydrogen) atoms. The molecule has 0 rings (SSSR count). The average molecular weight is 158 g/mol. The smallest absolute Gasteiger partial charge is 0.317 e. The van der Waals surface area contributed by atoms with Gasteiger partial charge in [-0.1, -0.05) is 0 Å². The number of ketones is 1. The Morgan fingerprint density at radius 2 is 1.82 bits per heavy atom. The first-order chi connectivity index (χ1) is 4.95. The molecule has 0 aliphatic carbocycles. The van der Waals surface area contributed by atoms with Crippen LogP contribution in [0.4, 0.5) is 4.79 Å². The van der Waals surface area contributed by atoms with Gasteiger partial charge >= 0.3 is 6.03 Å². The standard InChI is InChI=1S/C7H14N2O2/c1-5(6(2)10)8-7(11)9(3)4/h5H,1-4H3,(H,8,11)/t5-/m1/s1. The number of urea groups is 1. The van der Waals surface area contributed by atoms with E-state index in [0.29, 0.717) is 0 Å². The van der Waals surface area contributed by atoms with Crippen molar-refractivity contribution in [3.8, 4) is 0 Å². The second kappa shape index (κ2) is 3.95. The Morgan fingerprint density at radius 1 is 1.36 bits per heavy atom. The van der Waals surface area contributed by atoms with Crippen molar-refractivity contribution in [3.05, 3.63) is 0 Å². The summed E-state index contributed by atoms with van der Waals surface area (Å²) in [6.07, 6.45) is 0. The topological polar surface area (TPSA) is 49.4 Å². The Balaban J connectivity index is 3.85. The lowest BCUT2D eigenvalue weighted by Gasteiger charge is -2.15. The molecule has 0 aromatic rings. The van der Waals surface area contributed by atoms with E-state index in [-0.39, 0.29) is 11.8 Å². The Kier molecular flexibility index (Phi) is 3.57. The minimum atomic E-state index is -0.398. The lowest BCUT2D eigenvalue weighted by atomic mass is 10.2. The van der Waals surface area contributed by atoms with Crippen LogP contribution in [-0.4, -0.2) is 36.9 Å². The third-order valence-corrected chi connectivity index (χ3v) is 1.36. The molecule has 0 radical (unpaired) electrons. The predicted molar refractivity (Wildman–Crippen MR) is 42.4 cm³/mol. The number of carbonyl (C=O) groups excluding carboxylic acids is 2. The highest BCUT2D eigenvalue weighted by molar-refractivity contribution is 5.86. The first-order valence-corrected chi connectivity index (χ1v) is 3.43. The van der Waals surface area contributed by atoms with E-state index in [1.165, 1.54) is 11.8 Å². The maximum atomic E-state index is 10.9. The third kappa shape index (κ3) is 3.60. The number of rotatable bonds is 2. The molecule has 0 bridgehead atoms. The summed E-state index contributed by atoms with van der Waals surface area (Å²) in [5.74, 6) is -0.0415. The fourth-order valence-electron chi connectivity index (χ4n) is 0.416. The molecule has 4 nitrogen and oxygen atoms in total. The van der Waals surface area contributed by atoms with Gasteiger partial charge in [0.1, 0.15) is 0 Å². The van der Waals surface area contributed by atoms with Crippen LogP contribution in [0.1, 0.15) is 13.8 Å². The minimum Gasteiger partial charge on any atom is -0.331 e.